The van der Waals surface area contributed by atoms with Gasteiger partial charge in [0, 0.05) is 12.1 Å². The molecular formula is C17H31NO2. The molecule has 116 valence electrons. The van der Waals surface area contributed by atoms with Gasteiger partial charge in [0.2, 0.25) is 0 Å². The van der Waals surface area contributed by atoms with E-state index in [9.17, 15) is 9.90 Å². The number of carbonyl (C=O) groups is 1. The molecule has 2 aliphatic carbocycles. The van der Waals surface area contributed by atoms with E-state index < -0.39 is 5.97 Å². The summed E-state index contributed by atoms with van der Waals surface area (Å²) >= 11 is 0. The highest BCUT2D eigenvalue weighted by Crippen LogP contribution is 2.46. The van der Waals surface area contributed by atoms with Gasteiger partial charge in [0.25, 0.3) is 0 Å². The van der Waals surface area contributed by atoms with E-state index in [2.05, 4.69) is 33.0 Å². The molecule has 0 amide bonds. The lowest BCUT2D eigenvalue weighted by molar-refractivity contribution is -0.143. The molecule has 0 heterocycles. The van der Waals surface area contributed by atoms with E-state index in [0.29, 0.717) is 22.9 Å². The second kappa shape index (κ2) is 5.67. The second-order valence-electron chi connectivity index (χ2n) is 8.68. The molecule has 0 aromatic rings. The van der Waals surface area contributed by atoms with Crippen LogP contribution in [0.25, 0.3) is 0 Å². The van der Waals surface area contributed by atoms with Crippen molar-refractivity contribution in [1.29, 1.82) is 0 Å². The zero-order valence-electron chi connectivity index (χ0n) is 13.5. The van der Waals surface area contributed by atoms with E-state index in [0.717, 1.165) is 25.7 Å². The highest BCUT2D eigenvalue weighted by atomic mass is 16.4. The van der Waals surface area contributed by atoms with Crippen molar-refractivity contribution in [2.75, 3.05) is 0 Å². The smallest absolute Gasteiger partial charge is 0.306 e. The van der Waals surface area contributed by atoms with Gasteiger partial charge in [-0.05, 0) is 49.4 Å². The summed E-state index contributed by atoms with van der Waals surface area (Å²) in [5, 5.41) is 13.0. The van der Waals surface area contributed by atoms with E-state index in [1.165, 1.54) is 19.3 Å². The van der Waals surface area contributed by atoms with Gasteiger partial charge in [-0.2, -0.15) is 0 Å². The van der Waals surface area contributed by atoms with Gasteiger partial charge >= 0.3 is 5.97 Å². The minimum absolute atomic E-state index is 0.133. The number of hydrogen-bond acceptors (Lipinski definition) is 2. The number of nitrogens with one attached hydrogen (secondary N) is 1. The molecule has 3 nitrogen and oxygen atoms in total. The van der Waals surface area contributed by atoms with Gasteiger partial charge in [0.05, 0.1) is 5.92 Å². The number of hydrogen-bond donors (Lipinski definition) is 2. The Morgan fingerprint density at radius 1 is 1.05 bits per heavy atom. The summed E-state index contributed by atoms with van der Waals surface area (Å²) < 4.78 is 0. The van der Waals surface area contributed by atoms with Gasteiger partial charge in [-0.25, -0.2) is 0 Å². The van der Waals surface area contributed by atoms with Crippen molar-refractivity contribution in [2.24, 2.45) is 16.7 Å². The van der Waals surface area contributed by atoms with E-state index in [1.54, 1.807) is 0 Å². The first-order valence-electron chi connectivity index (χ1n) is 8.16. The van der Waals surface area contributed by atoms with E-state index >= 15 is 0 Å². The van der Waals surface area contributed by atoms with Gasteiger partial charge in [-0.3, -0.25) is 4.79 Å². The molecule has 2 rings (SSSR count). The minimum atomic E-state index is -0.610. The molecule has 0 aliphatic heterocycles. The van der Waals surface area contributed by atoms with Crippen molar-refractivity contribution in [3.05, 3.63) is 0 Å². The molecule has 2 unspecified atom stereocenters. The SMILES string of the molecule is CC1(C)CC(NC2CCCC(C(=O)O)C2)CC(C)(C)C1. The van der Waals surface area contributed by atoms with Crippen LogP contribution in [-0.2, 0) is 4.79 Å². The summed E-state index contributed by atoms with van der Waals surface area (Å²) in [6.07, 6.45) is 7.56. The molecule has 2 saturated carbocycles. The van der Waals surface area contributed by atoms with Crippen molar-refractivity contribution < 1.29 is 9.90 Å². The standard InChI is InChI=1S/C17H31NO2/c1-16(2)9-14(10-17(3,4)11-16)18-13-7-5-6-12(8-13)15(19)20/h12-14,18H,5-11H2,1-4H3,(H,19,20). The minimum Gasteiger partial charge on any atom is -0.481 e. The Balaban J connectivity index is 1.93. The third-order valence-electron chi connectivity index (χ3n) is 5.05. The van der Waals surface area contributed by atoms with Gasteiger partial charge in [-0.1, -0.05) is 34.1 Å². The molecule has 0 saturated heterocycles. The monoisotopic (exact) mass is 281 g/mol. The molecule has 0 aromatic carbocycles. The maximum absolute atomic E-state index is 11.2. The third-order valence-corrected chi connectivity index (χ3v) is 5.05. The Morgan fingerprint density at radius 3 is 2.20 bits per heavy atom. The molecule has 3 heteroatoms. The van der Waals surface area contributed by atoms with E-state index in [1.807, 2.05) is 0 Å². The van der Waals surface area contributed by atoms with Gasteiger partial charge in [0.1, 0.15) is 0 Å². The Hall–Kier alpha value is -0.570. The van der Waals surface area contributed by atoms with Crippen LogP contribution in [0.4, 0.5) is 0 Å². The van der Waals surface area contributed by atoms with Crippen LogP contribution in [0.5, 0.6) is 0 Å². The molecular weight excluding hydrogens is 250 g/mol. The lowest BCUT2D eigenvalue weighted by Crippen LogP contribution is -2.49. The number of rotatable bonds is 3. The van der Waals surface area contributed by atoms with E-state index in [4.69, 9.17) is 0 Å². The topological polar surface area (TPSA) is 49.3 Å². The lowest BCUT2D eigenvalue weighted by Gasteiger charge is -2.46. The predicted molar refractivity (Wildman–Crippen MR) is 81.7 cm³/mol. The van der Waals surface area contributed by atoms with Crippen molar-refractivity contribution in [3.8, 4) is 0 Å². The Bertz CT molecular complexity index is 346. The first kappa shape index (κ1) is 15.8. The molecule has 20 heavy (non-hydrogen) atoms. The highest BCUT2D eigenvalue weighted by molar-refractivity contribution is 5.70. The average molecular weight is 281 g/mol. The maximum atomic E-state index is 11.2. The fraction of sp³-hybridized carbons (Fsp3) is 0.941. The molecule has 2 atom stereocenters. The normalized spacial score (nSPS) is 33.8. The van der Waals surface area contributed by atoms with Crippen molar-refractivity contribution >= 4 is 5.97 Å². The van der Waals surface area contributed by atoms with Crippen molar-refractivity contribution in [2.45, 2.75) is 84.7 Å². The lowest BCUT2D eigenvalue weighted by atomic mass is 9.63. The number of aliphatic carboxylic acids is 1. The van der Waals surface area contributed by atoms with Gasteiger partial charge in [-0.15, -0.1) is 0 Å². The third kappa shape index (κ3) is 4.21. The average Bonchev–Trinajstić information content (AvgIpc) is 2.24. The fourth-order valence-electron chi connectivity index (χ4n) is 4.86. The molecule has 0 bridgehead atoms. The van der Waals surface area contributed by atoms with Crippen LogP contribution < -0.4 is 5.32 Å². The first-order valence-corrected chi connectivity index (χ1v) is 8.16. The van der Waals surface area contributed by atoms with Crippen LogP contribution in [0, 0.1) is 16.7 Å². The molecule has 2 aliphatic rings. The predicted octanol–water partition coefficient (Wildman–Crippen LogP) is 3.82. The van der Waals surface area contributed by atoms with Crippen molar-refractivity contribution in [3.63, 3.8) is 0 Å². The van der Waals surface area contributed by atoms with Crippen LogP contribution in [-0.4, -0.2) is 23.2 Å². The summed E-state index contributed by atoms with van der Waals surface area (Å²) in [5.74, 6) is -0.744. The summed E-state index contributed by atoms with van der Waals surface area (Å²) in [7, 11) is 0. The summed E-state index contributed by atoms with van der Waals surface area (Å²) in [6, 6.07) is 0.950. The summed E-state index contributed by atoms with van der Waals surface area (Å²) in [4.78, 5) is 11.2. The first-order chi connectivity index (χ1) is 9.17. The highest BCUT2D eigenvalue weighted by Gasteiger charge is 2.39. The van der Waals surface area contributed by atoms with Crippen LogP contribution in [0.3, 0.4) is 0 Å². The van der Waals surface area contributed by atoms with Crippen LogP contribution in [0.2, 0.25) is 0 Å². The molecule has 0 spiro atoms. The summed E-state index contributed by atoms with van der Waals surface area (Å²) in [6.45, 7) is 9.46. The largest absolute Gasteiger partial charge is 0.481 e. The van der Waals surface area contributed by atoms with E-state index in [-0.39, 0.29) is 5.92 Å². The van der Waals surface area contributed by atoms with Crippen LogP contribution in [0.15, 0.2) is 0 Å². The van der Waals surface area contributed by atoms with Crippen LogP contribution in [0.1, 0.15) is 72.6 Å². The van der Waals surface area contributed by atoms with Crippen molar-refractivity contribution in [1.82, 2.24) is 5.32 Å². The molecule has 0 radical (unpaired) electrons. The zero-order valence-corrected chi connectivity index (χ0v) is 13.5. The molecule has 2 N–H and O–H groups in total. The zero-order chi connectivity index (χ0) is 15.0. The second-order valence-corrected chi connectivity index (χ2v) is 8.68. The number of carboxylic acids is 1. The molecule has 0 aromatic heterocycles. The molecule has 2 fully saturated rings. The van der Waals surface area contributed by atoms with Crippen LogP contribution >= 0.6 is 0 Å². The van der Waals surface area contributed by atoms with Gasteiger partial charge in [0.15, 0.2) is 0 Å². The fourth-order valence-corrected chi connectivity index (χ4v) is 4.86. The summed E-state index contributed by atoms with van der Waals surface area (Å²) in [5.41, 5.74) is 0.778. The number of carboxylic acid groups (broad SMARTS) is 1. The maximum Gasteiger partial charge on any atom is 0.306 e. The van der Waals surface area contributed by atoms with Gasteiger partial charge < -0.3 is 10.4 Å². The Labute approximate surface area is 123 Å². The Morgan fingerprint density at radius 2 is 1.65 bits per heavy atom. The Kier molecular flexibility index (Phi) is 4.48. The quantitative estimate of drug-likeness (QED) is 0.826.